The second kappa shape index (κ2) is 6.58. The lowest BCUT2D eigenvalue weighted by Gasteiger charge is -2.19. The van der Waals surface area contributed by atoms with Crippen LogP contribution in [0.2, 0.25) is 0 Å². The first-order chi connectivity index (χ1) is 10.7. The molecular weight excluding hydrogens is 283 g/mol. The summed E-state index contributed by atoms with van der Waals surface area (Å²) in [5, 5.41) is 13.2. The highest BCUT2D eigenvalue weighted by Gasteiger charge is 2.16. The first-order valence-corrected chi connectivity index (χ1v) is 7.32. The van der Waals surface area contributed by atoms with Crippen LogP contribution < -0.4 is 4.74 Å². The minimum atomic E-state index is -0.263. The number of hydrogen-bond donors (Lipinski definition) is 0. The number of hydrogen-bond acceptors (Lipinski definition) is 4. The molecule has 114 valence electrons. The van der Waals surface area contributed by atoms with Crippen molar-refractivity contribution < 1.29 is 9.13 Å². The summed E-state index contributed by atoms with van der Waals surface area (Å²) in [6.45, 7) is 3.90. The molecule has 5 nitrogen and oxygen atoms in total. The van der Waals surface area contributed by atoms with Crippen LogP contribution in [-0.2, 0) is 13.1 Å². The molecule has 0 radical (unpaired) electrons. The lowest BCUT2D eigenvalue weighted by Crippen LogP contribution is -2.28. The molecule has 22 heavy (non-hydrogen) atoms. The fourth-order valence-corrected chi connectivity index (χ4v) is 2.60. The van der Waals surface area contributed by atoms with E-state index in [9.17, 15) is 4.39 Å². The van der Waals surface area contributed by atoms with E-state index in [1.165, 1.54) is 12.1 Å². The third-order valence-corrected chi connectivity index (χ3v) is 3.70. The number of ether oxygens (including phenoxy) is 1. The van der Waals surface area contributed by atoms with Gasteiger partial charge in [-0.05, 0) is 36.8 Å². The lowest BCUT2D eigenvalue weighted by atomic mass is 10.3. The van der Waals surface area contributed by atoms with Crippen molar-refractivity contribution in [2.45, 2.75) is 19.5 Å². The zero-order valence-electron chi connectivity index (χ0n) is 12.2. The van der Waals surface area contributed by atoms with Gasteiger partial charge in [0.15, 0.2) is 5.69 Å². The molecule has 1 aromatic heterocycles. The largest absolute Gasteiger partial charge is 0.492 e. The predicted octanol–water partition coefficient (Wildman–Crippen LogP) is 2.18. The van der Waals surface area contributed by atoms with Crippen LogP contribution in [0.15, 0.2) is 30.3 Å². The van der Waals surface area contributed by atoms with Crippen molar-refractivity contribution in [3.63, 3.8) is 0 Å². The molecule has 0 saturated carbocycles. The van der Waals surface area contributed by atoms with Gasteiger partial charge in [-0.25, -0.2) is 4.39 Å². The van der Waals surface area contributed by atoms with Crippen molar-refractivity contribution in [2.75, 3.05) is 19.7 Å². The SMILES string of the molecule is N#Cc1cc2n(n1)CCCN(CCOc1ccc(F)cc1)C2. The fourth-order valence-electron chi connectivity index (χ4n) is 2.60. The minimum Gasteiger partial charge on any atom is -0.492 e. The summed E-state index contributed by atoms with van der Waals surface area (Å²) in [7, 11) is 0. The van der Waals surface area contributed by atoms with E-state index in [0.717, 1.165) is 38.3 Å². The summed E-state index contributed by atoms with van der Waals surface area (Å²) in [4.78, 5) is 2.28. The topological polar surface area (TPSA) is 54.1 Å². The average Bonchev–Trinajstić information content (AvgIpc) is 2.82. The van der Waals surface area contributed by atoms with Crippen molar-refractivity contribution in [3.05, 3.63) is 47.5 Å². The van der Waals surface area contributed by atoms with E-state index in [0.29, 0.717) is 18.1 Å². The molecule has 0 bridgehead atoms. The highest BCUT2D eigenvalue weighted by molar-refractivity contribution is 5.23. The zero-order valence-corrected chi connectivity index (χ0v) is 12.2. The van der Waals surface area contributed by atoms with Gasteiger partial charge in [-0.3, -0.25) is 9.58 Å². The fraction of sp³-hybridized carbons (Fsp3) is 0.375. The smallest absolute Gasteiger partial charge is 0.162 e. The second-order valence-corrected chi connectivity index (χ2v) is 5.29. The van der Waals surface area contributed by atoms with Crippen molar-refractivity contribution in [1.82, 2.24) is 14.7 Å². The molecule has 1 aliphatic rings. The van der Waals surface area contributed by atoms with Crippen molar-refractivity contribution >= 4 is 0 Å². The van der Waals surface area contributed by atoms with Gasteiger partial charge in [0.2, 0.25) is 0 Å². The molecule has 0 fully saturated rings. The molecule has 0 spiro atoms. The van der Waals surface area contributed by atoms with Gasteiger partial charge in [0, 0.05) is 26.2 Å². The number of aryl methyl sites for hydroxylation is 1. The molecule has 0 amide bonds. The second-order valence-electron chi connectivity index (χ2n) is 5.29. The number of nitriles is 1. The van der Waals surface area contributed by atoms with E-state index in [1.54, 1.807) is 12.1 Å². The summed E-state index contributed by atoms with van der Waals surface area (Å²) >= 11 is 0. The van der Waals surface area contributed by atoms with Gasteiger partial charge in [-0.1, -0.05) is 0 Å². The third kappa shape index (κ3) is 3.43. The van der Waals surface area contributed by atoms with Crippen LogP contribution in [-0.4, -0.2) is 34.4 Å². The van der Waals surface area contributed by atoms with Gasteiger partial charge < -0.3 is 4.74 Å². The van der Waals surface area contributed by atoms with Gasteiger partial charge in [0.05, 0.1) is 5.69 Å². The third-order valence-electron chi connectivity index (χ3n) is 3.70. The molecule has 1 aliphatic heterocycles. The van der Waals surface area contributed by atoms with Crippen LogP contribution in [0.1, 0.15) is 17.8 Å². The standard InChI is InChI=1S/C16H17FN4O/c17-13-2-4-16(5-3-13)22-9-8-20-6-1-7-21-15(12-20)10-14(11-18)19-21/h2-5,10H,1,6-9,12H2. The van der Waals surface area contributed by atoms with E-state index < -0.39 is 0 Å². The van der Waals surface area contributed by atoms with E-state index in [1.807, 2.05) is 10.7 Å². The van der Waals surface area contributed by atoms with Crippen molar-refractivity contribution in [1.29, 1.82) is 5.26 Å². The summed E-state index contributed by atoms with van der Waals surface area (Å²) < 4.78 is 20.4. The molecule has 3 rings (SSSR count). The highest BCUT2D eigenvalue weighted by Crippen LogP contribution is 2.14. The molecule has 2 aromatic rings. The van der Waals surface area contributed by atoms with E-state index in [-0.39, 0.29) is 5.82 Å². The number of aromatic nitrogens is 2. The van der Waals surface area contributed by atoms with E-state index in [4.69, 9.17) is 10.00 Å². The average molecular weight is 300 g/mol. The Morgan fingerprint density at radius 2 is 2.09 bits per heavy atom. The normalized spacial score (nSPS) is 14.9. The van der Waals surface area contributed by atoms with Gasteiger partial charge in [0.1, 0.15) is 24.2 Å². The molecule has 0 unspecified atom stereocenters. The van der Waals surface area contributed by atoms with Gasteiger partial charge in [0.25, 0.3) is 0 Å². The lowest BCUT2D eigenvalue weighted by molar-refractivity contribution is 0.204. The number of benzene rings is 1. The van der Waals surface area contributed by atoms with E-state index >= 15 is 0 Å². The Bertz CT molecular complexity index is 674. The maximum Gasteiger partial charge on any atom is 0.162 e. The highest BCUT2D eigenvalue weighted by atomic mass is 19.1. The number of fused-ring (bicyclic) bond motifs is 1. The zero-order chi connectivity index (χ0) is 15.4. The number of nitrogens with zero attached hydrogens (tertiary/aromatic N) is 4. The maximum absolute atomic E-state index is 12.8. The van der Waals surface area contributed by atoms with Gasteiger partial charge in [-0.15, -0.1) is 0 Å². The molecule has 0 N–H and O–H groups in total. The number of rotatable bonds is 4. The molecule has 0 saturated heterocycles. The Morgan fingerprint density at radius 1 is 1.27 bits per heavy atom. The maximum atomic E-state index is 12.8. The van der Waals surface area contributed by atoms with E-state index in [2.05, 4.69) is 16.1 Å². The molecule has 1 aromatic carbocycles. The van der Waals surface area contributed by atoms with Crippen molar-refractivity contribution in [3.8, 4) is 11.8 Å². The van der Waals surface area contributed by atoms with Crippen LogP contribution in [0.3, 0.4) is 0 Å². The first kappa shape index (κ1) is 14.5. The first-order valence-electron chi connectivity index (χ1n) is 7.32. The predicted molar refractivity (Wildman–Crippen MR) is 78.7 cm³/mol. The molecule has 0 atom stereocenters. The monoisotopic (exact) mass is 300 g/mol. The van der Waals surface area contributed by atoms with Crippen LogP contribution in [0.4, 0.5) is 4.39 Å². The quantitative estimate of drug-likeness (QED) is 0.868. The van der Waals surface area contributed by atoms with Gasteiger partial charge in [-0.2, -0.15) is 10.4 Å². The van der Waals surface area contributed by atoms with Crippen LogP contribution in [0, 0.1) is 17.1 Å². The molecular formula is C16H17FN4O. The van der Waals surface area contributed by atoms with Gasteiger partial charge >= 0.3 is 0 Å². The molecule has 6 heteroatoms. The summed E-state index contributed by atoms with van der Waals surface area (Å²) in [5.41, 5.74) is 1.54. The Balaban J connectivity index is 1.54. The summed E-state index contributed by atoms with van der Waals surface area (Å²) in [5.74, 6) is 0.412. The Labute approximate surface area is 128 Å². The van der Waals surface area contributed by atoms with Crippen molar-refractivity contribution in [2.24, 2.45) is 0 Å². The van der Waals surface area contributed by atoms with Crippen LogP contribution in [0.5, 0.6) is 5.75 Å². The van der Waals surface area contributed by atoms with Crippen LogP contribution in [0.25, 0.3) is 0 Å². The summed E-state index contributed by atoms with van der Waals surface area (Å²) in [6.07, 6.45) is 0.996. The molecule has 0 aliphatic carbocycles. The molecule has 2 heterocycles. The Kier molecular flexibility index (Phi) is 4.35. The Morgan fingerprint density at radius 3 is 2.86 bits per heavy atom. The minimum absolute atomic E-state index is 0.263. The van der Waals surface area contributed by atoms with Crippen LogP contribution >= 0.6 is 0 Å². The number of halogens is 1. The Hall–Kier alpha value is -2.39. The summed E-state index contributed by atoms with van der Waals surface area (Å²) in [6, 6.07) is 9.98.